The van der Waals surface area contributed by atoms with Crippen molar-refractivity contribution in [2.75, 3.05) is 18.4 Å². The molecule has 0 saturated carbocycles. The molecule has 1 aliphatic rings. The van der Waals surface area contributed by atoms with Gasteiger partial charge < -0.3 is 14.3 Å². The van der Waals surface area contributed by atoms with Gasteiger partial charge in [0.1, 0.15) is 11.5 Å². The molecule has 0 bridgehead atoms. The van der Waals surface area contributed by atoms with Gasteiger partial charge in [0.2, 0.25) is 15.9 Å². The Bertz CT molecular complexity index is 1240. The van der Waals surface area contributed by atoms with Crippen LogP contribution in [-0.4, -0.2) is 36.9 Å². The highest BCUT2D eigenvalue weighted by Crippen LogP contribution is 2.30. The zero-order chi connectivity index (χ0) is 23.4. The molecule has 33 heavy (non-hydrogen) atoms. The molecule has 0 atom stereocenters. The molecular weight excluding hydrogens is 442 g/mol. The number of para-hydroxylation sites is 1. The molecule has 0 aliphatic carbocycles. The molecule has 1 saturated heterocycles. The third kappa shape index (κ3) is 4.94. The second kappa shape index (κ2) is 9.76. The van der Waals surface area contributed by atoms with Crippen molar-refractivity contribution >= 4 is 33.8 Å². The Hall–Kier alpha value is -3.17. The Morgan fingerprint density at radius 2 is 1.94 bits per heavy atom. The molecule has 1 amide bonds. The largest absolute Gasteiger partial charge is 0.465 e. The Morgan fingerprint density at radius 3 is 2.64 bits per heavy atom. The fraction of sp³-hybridized carbons (Fsp3) is 0.333. The van der Waals surface area contributed by atoms with Crippen molar-refractivity contribution in [3.05, 3.63) is 65.4 Å². The minimum absolute atomic E-state index is 0.0464. The van der Waals surface area contributed by atoms with E-state index in [0.29, 0.717) is 24.3 Å². The number of nitrogens with one attached hydrogen (secondary N) is 1. The van der Waals surface area contributed by atoms with Gasteiger partial charge in [-0.05, 0) is 62.1 Å². The fourth-order valence-corrected chi connectivity index (χ4v) is 5.74. The van der Waals surface area contributed by atoms with Gasteiger partial charge in [0.25, 0.3) is 0 Å². The van der Waals surface area contributed by atoms with Crippen LogP contribution in [0, 0.1) is 12.8 Å². The van der Waals surface area contributed by atoms with E-state index in [1.165, 1.54) is 16.6 Å². The molecule has 0 unspecified atom stereocenters. The number of rotatable bonds is 7. The third-order valence-corrected chi connectivity index (χ3v) is 7.91. The summed E-state index contributed by atoms with van der Waals surface area (Å²) in [4.78, 5) is 12.9. The van der Waals surface area contributed by atoms with Crippen molar-refractivity contribution in [3.63, 3.8) is 0 Å². The molecule has 8 nitrogen and oxygen atoms in total. The van der Waals surface area contributed by atoms with Crippen LogP contribution in [-0.2, 0) is 21.2 Å². The number of hydrogen-bond donors (Lipinski definition) is 1. The second-order valence-corrected chi connectivity index (χ2v) is 9.86. The van der Waals surface area contributed by atoms with E-state index in [9.17, 15) is 13.2 Å². The van der Waals surface area contributed by atoms with E-state index in [2.05, 4.69) is 10.5 Å². The summed E-state index contributed by atoms with van der Waals surface area (Å²) >= 11 is 0. The van der Waals surface area contributed by atoms with Gasteiger partial charge in [-0.15, -0.1) is 0 Å². The number of hydrogen-bond acceptors (Lipinski definition) is 6. The molecule has 1 N–H and O–H groups in total. The van der Waals surface area contributed by atoms with Gasteiger partial charge >= 0.3 is 0 Å². The zero-order valence-electron chi connectivity index (χ0n) is 18.7. The first-order valence-electron chi connectivity index (χ1n) is 11.0. The SMILES string of the molecule is CCc1ccccc1NC(=O)C1CCN(S(=O)(=O)c2c(C)noc2C=Cc2ccco2)CC1. The standard InChI is InChI=1S/C24H27N3O5S/c1-3-18-7-4-5-9-21(18)25-24(28)19-12-14-27(15-13-19)33(29,30)23-17(2)26-32-22(23)11-10-20-8-6-16-31-20/h4-11,16,19H,3,12-15H2,1-2H3,(H,25,28). The molecule has 0 spiro atoms. The number of furan rings is 1. The topological polar surface area (TPSA) is 106 Å². The summed E-state index contributed by atoms with van der Waals surface area (Å²) < 4.78 is 38.7. The number of carbonyl (C=O) groups excluding carboxylic acids is 1. The van der Waals surface area contributed by atoms with E-state index in [0.717, 1.165) is 17.7 Å². The van der Waals surface area contributed by atoms with Gasteiger partial charge in [0.15, 0.2) is 10.7 Å². The van der Waals surface area contributed by atoms with E-state index in [1.807, 2.05) is 31.2 Å². The highest BCUT2D eigenvalue weighted by molar-refractivity contribution is 7.89. The number of aryl methyl sites for hydroxylation is 2. The summed E-state index contributed by atoms with van der Waals surface area (Å²) in [5.41, 5.74) is 2.18. The predicted molar refractivity (Wildman–Crippen MR) is 125 cm³/mol. The Balaban J connectivity index is 1.44. The molecule has 1 aromatic carbocycles. The zero-order valence-corrected chi connectivity index (χ0v) is 19.5. The maximum absolute atomic E-state index is 13.4. The van der Waals surface area contributed by atoms with E-state index in [4.69, 9.17) is 8.94 Å². The van der Waals surface area contributed by atoms with Crippen molar-refractivity contribution in [3.8, 4) is 0 Å². The first-order valence-corrected chi connectivity index (χ1v) is 12.4. The average molecular weight is 470 g/mol. The van der Waals surface area contributed by atoms with Crippen molar-refractivity contribution < 1.29 is 22.2 Å². The summed E-state index contributed by atoms with van der Waals surface area (Å²) in [7, 11) is -3.83. The highest BCUT2D eigenvalue weighted by atomic mass is 32.2. The fourth-order valence-electron chi connectivity index (χ4n) is 4.02. The number of benzene rings is 1. The number of carbonyl (C=O) groups is 1. The molecule has 1 aliphatic heterocycles. The number of anilines is 1. The number of piperidine rings is 1. The number of amides is 1. The number of sulfonamides is 1. The summed E-state index contributed by atoms with van der Waals surface area (Å²) in [6.45, 7) is 4.15. The van der Waals surface area contributed by atoms with Crippen LogP contribution in [0.1, 0.15) is 42.5 Å². The Labute approximate surface area is 193 Å². The van der Waals surface area contributed by atoms with Crippen LogP contribution >= 0.6 is 0 Å². The van der Waals surface area contributed by atoms with Crippen LogP contribution in [0.5, 0.6) is 0 Å². The molecular formula is C24H27N3O5S. The molecule has 174 valence electrons. The van der Waals surface area contributed by atoms with Crippen LogP contribution in [0.25, 0.3) is 12.2 Å². The first kappa shape index (κ1) is 23.0. The molecule has 1 fully saturated rings. The average Bonchev–Trinajstić information content (AvgIpc) is 3.47. The lowest BCUT2D eigenvalue weighted by Crippen LogP contribution is -2.41. The monoisotopic (exact) mass is 469 g/mol. The number of nitrogens with zero attached hydrogens (tertiary/aromatic N) is 2. The van der Waals surface area contributed by atoms with E-state index >= 15 is 0 Å². The normalized spacial score (nSPS) is 15.8. The molecule has 2 aromatic heterocycles. The summed E-state index contributed by atoms with van der Waals surface area (Å²) in [6, 6.07) is 11.2. The molecule has 9 heteroatoms. The smallest absolute Gasteiger partial charge is 0.248 e. The quantitative estimate of drug-likeness (QED) is 0.552. The van der Waals surface area contributed by atoms with Gasteiger partial charge in [-0.1, -0.05) is 30.3 Å². The number of aromatic nitrogens is 1. The molecule has 3 heterocycles. The van der Waals surface area contributed by atoms with Crippen LogP contribution in [0.4, 0.5) is 5.69 Å². The van der Waals surface area contributed by atoms with Crippen molar-refractivity contribution in [2.45, 2.75) is 38.0 Å². The van der Waals surface area contributed by atoms with Gasteiger partial charge in [0, 0.05) is 24.7 Å². The van der Waals surface area contributed by atoms with E-state index in [-0.39, 0.29) is 35.6 Å². The highest BCUT2D eigenvalue weighted by Gasteiger charge is 2.36. The molecule has 4 rings (SSSR count). The summed E-state index contributed by atoms with van der Waals surface area (Å²) in [6.07, 6.45) is 6.41. The van der Waals surface area contributed by atoms with Crippen molar-refractivity contribution in [2.24, 2.45) is 5.92 Å². The van der Waals surface area contributed by atoms with Crippen LogP contribution in [0.15, 0.2) is 56.5 Å². The lowest BCUT2D eigenvalue weighted by Gasteiger charge is -2.30. The Kier molecular flexibility index (Phi) is 6.80. The van der Waals surface area contributed by atoms with Crippen LogP contribution in [0.2, 0.25) is 0 Å². The Morgan fingerprint density at radius 1 is 1.18 bits per heavy atom. The maximum atomic E-state index is 13.4. The van der Waals surface area contributed by atoms with Gasteiger partial charge in [-0.2, -0.15) is 4.31 Å². The minimum atomic E-state index is -3.83. The minimum Gasteiger partial charge on any atom is -0.465 e. The van der Waals surface area contributed by atoms with Crippen LogP contribution < -0.4 is 5.32 Å². The molecule has 3 aromatic rings. The van der Waals surface area contributed by atoms with Gasteiger partial charge in [-0.25, -0.2) is 8.42 Å². The van der Waals surface area contributed by atoms with E-state index in [1.54, 1.807) is 25.1 Å². The third-order valence-electron chi connectivity index (χ3n) is 5.85. The predicted octanol–water partition coefficient (Wildman–Crippen LogP) is 4.35. The van der Waals surface area contributed by atoms with Crippen molar-refractivity contribution in [1.82, 2.24) is 9.46 Å². The maximum Gasteiger partial charge on any atom is 0.248 e. The second-order valence-electron chi connectivity index (χ2n) is 7.99. The lowest BCUT2D eigenvalue weighted by molar-refractivity contribution is -0.120. The molecule has 0 radical (unpaired) electrons. The van der Waals surface area contributed by atoms with Gasteiger partial charge in [0.05, 0.1) is 6.26 Å². The summed E-state index contributed by atoms with van der Waals surface area (Å²) in [5.74, 6) is 0.406. The summed E-state index contributed by atoms with van der Waals surface area (Å²) in [5, 5.41) is 6.87. The lowest BCUT2D eigenvalue weighted by atomic mass is 9.97. The van der Waals surface area contributed by atoms with E-state index < -0.39 is 10.0 Å². The van der Waals surface area contributed by atoms with Crippen LogP contribution in [0.3, 0.4) is 0 Å². The van der Waals surface area contributed by atoms with Crippen molar-refractivity contribution in [1.29, 1.82) is 0 Å². The first-order chi connectivity index (χ1) is 15.9. The van der Waals surface area contributed by atoms with Gasteiger partial charge in [-0.3, -0.25) is 4.79 Å².